The van der Waals surface area contributed by atoms with Gasteiger partial charge in [-0.3, -0.25) is 19.6 Å². The van der Waals surface area contributed by atoms with Crippen LogP contribution in [0.15, 0.2) is 61.1 Å². The van der Waals surface area contributed by atoms with Gasteiger partial charge in [0.1, 0.15) is 5.69 Å². The summed E-state index contributed by atoms with van der Waals surface area (Å²) in [6, 6.07) is 12.4. The fourth-order valence-electron chi connectivity index (χ4n) is 2.79. The normalized spacial score (nSPS) is 13.0. The predicted octanol–water partition coefficient (Wildman–Crippen LogP) is 3.94. The number of pyridine rings is 2. The number of nitrogens with one attached hydrogen (secondary N) is 2. The number of carbonyl (C=O) groups excluding carboxylic acids is 2. The number of benzene rings is 1. The second-order valence-corrected chi connectivity index (χ2v) is 6.94. The van der Waals surface area contributed by atoms with Crippen molar-refractivity contribution in [2.24, 2.45) is 0 Å². The quantitative estimate of drug-likeness (QED) is 0.688. The number of nitrogens with zero attached hydrogens (tertiary/aromatic N) is 2. The average Bonchev–Trinajstić information content (AvgIpc) is 3.53. The summed E-state index contributed by atoms with van der Waals surface area (Å²) < 4.78 is 0. The highest BCUT2D eigenvalue weighted by Gasteiger charge is 2.24. The molecule has 0 saturated heterocycles. The van der Waals surface area contributed by atoms with Gasteiger partial charge >= 0.3 is 0 Å². The van der Waals surface area contributed by atoms with Crippen LogP contribution in [0, 0.1) is 0 Å². The lowest BCUT2D eigenvalue weighted by Gasteiger charge is -2.12. The zero-order chi connectivity index (χ0) is 19.5. The average molecular weight is 393 g/mol. The Labute approximate surface area is 167 Å². The molecule has 0 spiro atoms. The van der Waals surface area contributed by atoms with E-state index in [4.69, 9.17) is 11.6 Å². The molecule has 0 atom stereocenters. The largest absolute Gasteiger partial charge is 0.348 e. The third-order valence-corrected chi connectivity index (χ3v) is 4.73. The third kappa shape index (κ3) is 4.02. The summed E-state index contributed by atoms with van der Waals surface area (Å²) in [5.74, 6) is -0.626. The fourth-order valence-corrected chi connectivity index (χ4v) is 3.02. The summed E-state index contributed by atoms with van der Waals surface area (Å²) in [6.45, 7) is 0. The molecular formula is C21H17ClN4O2. The van der Waals surface area contributed by atoms with Crippen molar-refractivity contribution < 1.29 is 9.59 Å². The van der Waals surface area contributed by atoms with Crippen LogP contribution < -0.4 is 10.6 Å². The van der Waals surface area contributed by atoms with E-state index in [0.29, 0.717) is 16.3 Å². The lowest BCUT2D eigenvalue weighted by molar-refractivity contribution is 0.0946. The smallest absolute Gasteiger partial charge is 0.270 e. The van der Waals surface area contributed by atoms with Gasteiger partial charge in [0.15, 0.2) is 0 Å². The Bertz CT molecular complexity index is 1050. The molecule has 1 aliphatic carbocycles. The van der Waals surface area contributed by atoms with E-state index in [-0.39, 0.29) is 23.6 Å². The van der Waals surface area contributed by atoms with Gasteiger partial charge in [-0.05, 0) is 37.1 Å². The summed E-state index contributed by atoms with van der Waals surface area (Å²) in [4.78, 5) is 33.1. The van der Waals surface area contributed by atoms with Crippen LogP contribution in [0.3, 0.4) is 0 Å². The zero-order valence-electron chi connectivity index (χ0n) is 14.9. The van der Waals surface area contributed by atoms with Crippen LogP contribution in [0.25, 0.3) is 11.1 Å². The van der Waals surface area contributed by atoms with E-state index in [0.717, 1.165) is 24.0 Å². The van der Waals surface area contributed by atoms with Gasteiger partial charge in [0.25, 0.3) is 11.8 Å². The Kier molecular flexibility index (Phi) is 5.04. The van der Waals surface area contributed by atoms with Gasteiger partial charge in [-0.2, -0.15) is 0 Å². The minimum atomic E-state index is -0.357. The third-order valence-electron chi connectivity index (χ3n) is 4.40. The lowest BCUT2D eigenvalue weighted by Crippen LogP contribution is -2.26. The van der Waals surface area contributed by atoms with Gasteiger partial charge in [-0.15, -0.1) is 0 Å². The van der Waals surface area contributed by atoms with Crippen LogP contribution >= 0.6 is 11.6 Å². The molecule has 0 bridgehead atoms. The second kappa shape index (κ2) is 7.78. The van der Waals surface area contributed by atoms with E-state index >= 15 is 0 Å². The molecule has 2 N–H and O–H groups in total. The van der Waals surface area contributed by atoms with E-state index < -0.39 is 0 Å². The Morgan fingerprint density at radius 3 is 2.61 bits per heavy atom. The SMILES string of the molecule is O=C(Nc1cnccc1-c1ccccc1Cl)c1ccnc(C(=O)NC2CC2)c1. The molecule has 1 aromatic carbocycles. The maximum absolute atomic E-state index is 12.8. The summed E-state index contributed by atoms with van der Waals surface area (Å²) in [7, 11) is 0. The maximum atomic E-state index is 12.8. The molecule has 1 fully saturated rings. The maximum Gasteiger partial charge on any atom is 0.270 e. The van der Waals surface area contributed by atoms with E-state index in [2.05, 4.69) is 20.6 Å². The number of amides is 2. The number of rotatable bonds is 5. The van der Waals surface area contributed by atoms with Gasteiger partial charge in [0.05, 0.1) is 11.9 Å². The molecule has 6 nitrogen and oxygen atoms in total. The van der Waals surface area contributed by atoms with Gasteiger partial charge in [-0.1, -0.05) is 29.8 Å². The Hall–Kier alpha value is -3.25. The summed E-state index contributed by atoms with van der Waals surface area (Å²) in [5.41, 5.74) is 2.64. The fraction of sp³-hybridized carbons (Fsp3) is 0.143. The molecule has 2 amide bonds. The minimum absolute atomic E-state index is 0.220. The molecule has 3 aromatic rings. The van der Waals surface area contributed by atoms with Crippen LogP contribution in [0.2, 0.25) is 5.02 Å². The van der Waals surface area contributed by atoms with E-state index in [9.17, 15) is 9.59 Å². The second-order valence-electron chi connectivity index (χ2n) is 6.53. The summed E-state index contributed by atoms with van der Waals surface area (Å²) >= 11 is 6.30. The first kappa shape index (κ1) is 18.1. The van der Waals surface area contributed by atoms with Crippen molar-refractivity contribution in [2.45, 2.75) is 18.9 Å². The molecule has 7 heteroatoms. The van der Waals surface area contributed by atoms with Crippen molar-refractivity contribution >= 4 is 29.1 Å². The number of aromatic nitrogens is 2. The topological polar surface area (TPSA) is 84.0 Å². The Morgan fingerprint density at radius 1 is 1.00 bits per heavy atom. The minimum Gasteiger partial charge on any atom is -0.348 e. The summed E-state index contributed by atoms with van der Waals surface area (Å²) in [6.07, 6.45) is 6.63. The van der Waals surface area contributed by atoms with Gasteiger partial charge in [0, 0.05) is 40.1 Å². The molecule has 1 saturated carbocycles. The number of carbonyl (C=O) groups is 2. The number of hydrogen-bond donors (Lipinski definition) is 2. The molecule has 0 radical (unpaired) electrons. The Morgan fingerprint density at radius 2 is 1.82 bits per heavy atom. The first-order valence-electron chi connectivity index (χ1n) is 8.89. The first-order valence-corrected chi connectivity index (χ1v) is 9.27. The highest BCUT2D eigenvalue weighted by Crippen LogP contribution is 2.32. The molecule has 1 aliphatic rings. The molecule has 0 unspecified atom stereocenters. The van der Waals surface area contributed by atoms with Gasteiger partial charge in [-0.25, -0.2) is 0 Å². The molecule has 2 aromatic heterocycles. The van der Waals surface area contributed by atoms with Gasteiger partial charge < -0.3 is 10.6 Å². The number of anilines is 1. The predicted molar refractivity (Wildman–Crippen MR) is 107 cm³/mol. The zero-order valence-corrected chi connectivity index (χ0v) is 15.6. The van der Waals surface area contributed by atoms with Crippen molar-refractivity contribution in [3.63, 3.8) is 0 Å². The van der Waals surface area contributed by atoms with Crippen LogP contribution in [0.1, 0.15) is 33.7 Å². The van der Waals surface area contributed by atoms with Crippen LogP contribution in [0.4, 0.5) is 5.69 Å². The highest BCUT2D eigenvalue weighted by atomic mass is 35.5. The molecule has 28 heavy (non-hydrogen) atoms. The molecule has 4 rings (SSSR count). The molecule has 0 aliphatic heterocycles. The summed E-state index contributed by atoms with van der Waals surface area (Å²) in [5, 5.41) is 6.29. The van der Waals surface area contributed by atoms with Crippen molar-refractivity contribution in [1.82, 2.24) is 15.3 Å². The van der Waals surface area contributed by atoms with Crippen molar-refractivity contribution in [1.29, 1.82) is 0 Å². The van der Waals surface area contributed by atoms with Gasteiger partial charge in [0.2, 0.25) is 0 Å². The van der Waals surface area contributed by atoms with Crippen molar-refractivity contribution in [3.05, 3.63) is 77.3 Å². The molecular weight excluding hydrogens is 376 g/mol. The van der Waals surface area contributed by atoms with E-state index in [1.807, 2.05) is 18.2 Å². The van der Waals surface area contributed by atoms with Crippen molar-refractivity contribution in [2.75, 3.05) is 5.32 Å². The number of halogens is 1. The molecule has 2 heterocycles. The number of hydrogen-bond acceptors (Lipinski definition) is 4. The van der Waals surface area contributed by atoms with E-state index in [1.165, 1.54) is 12.3 Å². The van der Waals surface area contributed by atoms with Crippen LogP contribution in [-0.2, 0) is 0 Å². The monoisotopic (exact) mass is 392 g/mol. The standard InChI is InChI=1S/C21H17ClN4O2/c22-17-4-2-1-3-15(17)16-8-9-23-12-19(16)26-20(27)13-7-10-24-18(11-13)21(28)25-14-5-6-14/h1-4,7-12,14H,5-6H2,(H,25,28)(H,26,27). The van der Waals surface area contributed by atoms with Crippen LogP contribution in [0.5, 0.6) is 0 Å². The van der Waals surface area contributed by atoms with E-state index in [1.54, 1.807) is 30.6 Å². The Balaban J connectivity index is 1.58. The van der Waals surface area contributed by atoms with Crippen molar-refractivity contribution in [3.8, 4) is 11.1 Å². The van der Waals surface area contributed by atoms with Crippen LogP contribution in [-0.4, -0.2) is 27.8 Å². The lowest BCUT2D eigenvalue weighted by atomic mass is 10.1. The first-order chi connectivity index (χ1) is 13.6. The molecule has 140 valence electrons. The highest BCUT2D eigenvalue weighted by molar-refractivity contribution is 6.33.